The summed E-state index contributed by atoms with van der Waals surface area (Å²) >= 11 is 0. The lowest BCUT2D eigenvalue weighted by Gasteiger charge is -2.06. The van der Waals surface area contributed by atoms with Gasteiger partial charge in [-0.15, -0.1) is 0 Å². The Kier molecular flexibility index (Phi) is 3.44. The molecule has 0 amide bonds. The third kappa shape index (κ3) is 2.76. The van der Waals surface area contributed by atoms with Gasteiger partial charge in [0, 0.05) is 0 Å². The molecule has 0 saturated carbocycles. The molecule has 2 heteroatoms. The molecule has 0 aliphatic heterocycles. The molecule has 0 bridgehead atoms. The van der Waals surface area contributed by atoms with Gasteiger partial charge in [0.05, 0.1) is 7.11 Å². The summed E-state index contributed by atoms with van der Waals surface area (Å²) in [7, 11) is 1.65. The zero-order chi connectivity index (χ0) is 11.2. The largest absolute Gasteiger partial charge is 0.497 e. The van der Waals surface area contributed by atoms with Crippen molar-refractivity contribution in [1.82, 2.24) is 0 Å². The van der Waals surface area contributed by atoms with Crippen molar-refractivity contribution in [1.29, 1.82) is 0 Å². The second-order valence-electron chi connectivity index (χ2n) is 3.45. The van der Waals surface area contributed by atoms with Crippen LogP contribution in [0, 0.1) is 0 Å². The van der Waals surface area contributed by atoms with Gasteiger partial charge in [-0.25, -0.2) is 0 Å². The van der Waals surface area contributed by atoms with Crippen LogP contribution in [0.2, 0.25) is 0 Å². The summed E-state index contributed by atoms with van der Waals surface area (Å²) in [6, 6.07) is 17.7. The molecular formula is C14H14O2. The minimum absolute atomic E-state index is 0.590. The first kappa shape index (κ1) is 10.6. The molecule has 0 radical (unpaired) electrons. The van der Waals surface area contributed by atoms with Gasteiger partial charge in [0.1, 0.15) is 18.1 Å². The third-order valence-corrected chi connectivity index (χ3v) is 2.31. The topological polar surface area (TPSA) is 18.5 Å². The molecule has 0 aromatic heterocycles. The predicted molar refractivity (Wildman–Crippen MR) is 63.8 cm³/mol. The van der Waals surface area contributed by atoms with Crippen LogP contribution in [0.5, 0.6) is 11.5 Å². The van der Waals surface area contributed by atoms with Crippen LogP contribution in [0.25, 0.3) is 0 Å². The van der Waals surface area contributed by atoms with Gasteiger partial charge in [-0.05, 0) is 29.8 Å². The maximum Gasteiger partial charge on any atom is 0.120 e. The summed E-state index contributed by atoms with van der Waals surface area (Å²) in [5, 5.41) is 0. The van der Waals surface area contributed by atoms with E-state index in [0.717, 1.165) is 11.5 Å². The van der Waals surface area contributed by atoms with E-state index in [1.54, 1.807) is 7.11 Å². The molecule has 0 heterocycles. The van der Waals surface area contributed by atoms with E-state index in [2.05, 4.69) is 0 Å². The van der Waals surface area contributed by atoms with Gasteiger partial charge >= 0.3 is 0 Å². The Bertz CT molecular complexity index is 420. The molecule has 16 heavy (non-hydrogen) atoms. The van der Waals surface area contributed by atoms with E-state index in [-0.39, 0.29) is 0 Å². The van der Waals surface area contributed by atoms with Gasteiger partial charge < -0.3 is 9.47 Å². The molecular weight excluding hydrogens is 200 g/mol. The fourth-order valence-corrected chi connectivity index (χ4v) is 1.41. The van der Waals surface area contributed by atoms with E-state index in [9.17, 15) is 0 Å². The zero-order valence-corrected chi connectivity index (χ0v) is 9.22. The number of methoxy groups -OCH3 is 1. The average molecular weight is 214 g/mol. The molecule has 2 aromatic rings. The van der Waals surface area contributed by atoms with Crippen molar-refractivity contribution in [2.24, 2.45) is 0 Å². The van der Waals surface area contributed by atoms with Gasteiger partial charge in [0.25, 0.3) is 0 Å². The second-order valence-corrected chi connectivity index (χ2v) is 3.45. The highest BCUT2D eigenvalue weighted by Crippen LogP contribution is 2.18. The number of ether oxygens (including phenoxy) is 2. The van der Waals surface area contributed by atoms with E-state index in [4.69, 9.17) is 9.47 Å². The third-order valence-electron chi connectivity index (χ3n) is 2.31. The monoisotopic (exact) mass is 214 g/mol. The SMILES string of the molecule is COc1ccc(OCc2ccccc2)cc1. The number of rotatable bonds is 4. The Morgan fingerprint density at radius 3 is 2.06 bits per heavy atom. The maximum absolute atomic E-state index is 5.64. The summed E-state index contributed by atoms with van der Waals surface area (Å²) in [6.45, 7) is 0.590. The molecule has 0 aliphatic carbocycles. The van der Waals surface area contributed by atoms with Crippen LogP contribution in [0.15, 0.2) is 54.6 Å². The first-order chi connectivity index (χ1) is 7.88. The Labute approximate surface area is 95.4 Å². The van der Waals surface area contributed by atoms with Gasteiger partial charge in [-0.3, -0.25) is 0 Å². The Balaban J connectivity index is 1.94. The highest BCUT2D eigenvalue weighted by atomic mass is 16.5. The van der Waals surface area contributed by atoms with Crippen molar-refractivity contribution < 1.29 is 9.47 Å². The van der Waals surface area contributed by atoms with Crippen LogP contribution >= 0.6 is 0 Å². The van der Waals surface area contributed by atoms with Crippen LogP contribution in [-0.4, -0.2) is 7.11 Å². The smallest absolute Gasteiger partial charge is 0.120 e. The van der Waals surface area contributed by atoms with Crippen molar-refractivity contribution in [3.63, 3.8) is 0 Å². The van der Waals surface area contributed by atoms with Crippen molar-refractivity contribution in [2.45, 2.75) is 6.61 Å². The average Bonchev–Trinajstić information content (AvgIpc) is 2.38. The normalized spacial score (nSPS) is 9.81. The molecule has 0 atom stereocenters. The van der Waals surface area contributed by atoms with Crippen LogP contribution in [-0.2, 0) is 6.61 Å². The summed E-state index contributed by atoms with van der Waals surface area (Å²) in [5.74, 6) is 1.69. The van der Waals surface area contributed by atoms with E-state index >= 15 is 0 Å². The van der Waals surface area contributed by atoms with Crippen molar-refractivity contribution >= 4 is 0 Å². The van der Waals surface area contributed by atoms with Crippen molar-refractivity contribution in [2.75, 3.05) is 7.11 Å². The molecule has 0 saturated heterocycles. The second kappa shape index (κ2) is 5.21. The summed E-state index contributed by atoms with van der Waals surface area (Å²) in [6.07, 6.45) is 0. The molecule has 2 nitrogen and oxygen atoms in total. The van der Waals surface area contributed by atoms with Gasteiger partial charge in [0.2, 0.25) is 0 Å². The standard InChI is InChI=1S/C14H14O2/c1-15-13-7-9-14(10-8-13)16-11-12-5-3-2-4-6-12/h2-10H,11H2,1H3. The number of hydrogen-bond donors (Lipinski definition) is 0. The number of hydrogen-bond acceptors (Lipinski definition) is 2. The van der Waals surface area contributed by atoms with E-state index in [1.165, 1.54) is 5.56 Å². The van der Waals surface area contributed by atoms with Crippen LogP contribution in [0.4, 0.5) is 0 Å². The van der Waals surface area contributed by atoms with Crippen LogP contribution < -0.4 is 9.47 Å². The quantitative estimate of drug-likeness (QED) is 0.777. The van der Waals surface area contributed by atoms with Gasteiger partial charge in [0.15, 0.2) is 0 Å². The lowest BCUT2D eigenvalue weighted by Crippen LogP contribution is -1.94. The first-order valence-corrected chi connectivity index (χ1v) is 5.19. The number of benzene rings is 2. The molecule has 0 spiro atoms. The summed E-state index contributed by atoms with van der Waals surface area (Å²) < 4.78 is 10.7. The lowest BCUT2D eigenvalue weighted by atomic mass is 10.2. The fraction of sp³-hybridized carbons (Fsp3) is 0.143. The maximum atomic E-state index is 5.64. The zero-order valence-electron chi connectivity index (χ0n) is 9.22. The van der Waals surface area contributed by atoms with Crippen molar-refractivity contribution in [3.05, 3.63) is 60.2 Å². The highest BCUT2D eigenvalue weighted by Gasteiger charge is 1.96. The lowest BCUT2D eigenvalue weighted by molar-refractivity contribution is 0.305. The van der Waals surface area contributed by atoms with Gasteiger partial charge in [-0.2, -0.15) is 0 Å². The first-order valence-electron chi connectivity index (χ1n) is 5.19. The molecule has 0 fully saturated rings. The minimum Gasteiger partial charge on any atom is -0.497 e. The van der Waals surface area contributed by atoms with Gasteiger partial charge in [-0.1, -0.05) is 30.3 Å². The molecule has 2 aromatic carbocycles. The highest BCUT2D eigenvalue weighted by molar-refractivity contribution is 5.31. The fourth-order valence-electron chi connectivity index (χ4n) is 1.41. The van der Waals surface area contributed by atoms with Crippen LogP contribution in [0.3, 0.4) is 0 Å². The predicted octanol–water partition coefficient (Wildman–Crippen LogP) is 3.27. The molecule has 2 rings (SSSR count). The Hall–Kier alpha value is -1.96. The minimum atomic E-state index is 0.590. The molecule has 0 aliphatic rings. The van der Waals surface area contributed by atoms with E-state index < -0.39 is 0 Å². The van der Waals surface area contributed by atoms with E-state index in [0.29, 0.717) is 6.61 Å². The molecule has 0 unspecified atom stereocenters. The molecule has 82 valence electrons. The van der Waals surface area contributed by atoms with Crippen LogP contribution in [0.1, 0.15) is 5.56 Å². The summed E-state index contributed by atoms with van der Waals surface area (Å²) in [5.41, 5.74) is 1.17. The van der Waals surface area contributed by atoms with Crippen molar-refractivity contribution in [3.8, 4) is 11.5 Å². The Morgan fingerprint density at radius 1 is 0.812 bits per heavy atom. The van der Waals surface area contributed by atoms with E-state index in [1.807, 2.05) is 54.6 Å². The molecule has 0 N–H and O–H groups in total. The summed E-state index contributed by atoms with van der Waals surface area (Å²) in [4.78, 5) is 0. The Morgan fingerprint density at radius 2 is 1.44 bits per heavy atom.